The molecule has 3 unspecified atom stereocenters. The fourth-order valence-electron chi connectivity index (χ4n) is 4.83. The van der Waals surface area contributed by atoms with E-state index in [4.69, 9.17) is 10.8 Å². The molecule has 0 heterocycles. The zero-order valence-electron chi connectivity index (χ0n) is 16.6. The van der Waals surface area contributed by atoms with Crippen LogP contribution in [0.15, 0.2) is 0 Å². The Morgan fingerprint density at radius 3 is 2.44 bits per heavy atom. The molecule has 0 aromatic carbocycles. The second-order valence-corrected chi connectivity index (χ2v) is 8.81. The average molecular weight is 383 g/mol. The number of nitrogens with two attached hydrogens (primary N) is 1. The predicted molar refractivity (Wildman–Crippen MR) is 102 cm³/mol. The molecule has 8 heteroatoms. The van der Waals surface area contributed by atoms with Crippen LogP contribution in [0.4, 0.5) is 4.79 Å². The van der Waals surface area contributed by atoms with Crippen LogP contribution in [0, 0.1) is 16.7 Å². The fourth-order valence-corrected chi connectivity index (χ4v) is 4.83. The number of hydrogen-bond donors (Lipinski definition) is 5. The molecular weight excluding hydrogens is 348 g/mol. The molecule has 2 aliphatic carbocycles. The molecule has 0 aromatic rings. The van der Waals surface area contributed by atoms with Gasteiger partial charge in [-0.3, -0.25) is 4.79 Å². The van der Waals surface area contributed by atoms with Crippen molar-refractivity contribution in [1.29, 1.82) is 0 Å². The maximum atomic E-state index is 12.2. The standard InChI is InChI=1S/C19H34N4O4/c1-18(2)12-7-8-19(18,3)10-14(12)22-15(24)11-21-17(27)23-13(16(25)26)6-4-5-9-20/h12-14H,4-11,20H2,1-3H3,(H,22,24)(H,25,26)(H2,21,23,27)/t12?,13-,14?,19?/m0/s1. The summed E-state index contributed by atoms with van der Waals surface area (Å²) >= 11 is 0. The van der Waals surface area contributed by atoms with E-state index in [2.05, 4.69) is 36.7 Å². The number of amides is 3. The Morgan fingerprint density at radius 1 is 1.22 bits per heavy atom. The molecule has 3 amide bonds. The number of fused-ring (bicyclic) bond motifs is 2. The molecule has 8 nitrogen and oxygen atoms in total. The number of carboxylic acids is 1. The van der Waals surface area contributed by atoms with Gasteiger partial charge in [0.1, 0.15) is 6.04 Å². The van der Waals surface area contributed by atoms with Crippen molar-refractivity contribution in [3.63, 3.8) is 0 Å². The normalized spacial score (nSPS) is 29.2. The molecule has 6 N–H and O–H groups in total. The lowest BCUT2D eigenvalue weighted by atomic mass is 9.71. The van der Waals surface area contributed by atoms with Gasteiger partial charge in [0, 0.05) is 6.04 Å². The Hall–Kier alpha value is -1.83. The number of unbranched alkanes of at least 4 members (excludes halogenated alkanes) is 1. The van der Waals surface area contributed by atoms with Crippen molar-refractivity contribution < 1.29 is 19.5 Å². The SMILES string of the molecule is CC12CCC(C(NC(=O)CNC(=O)N[C@@H](CCCCN)C(=O)O)C1)C2(C)C. The Morgan fingerprint density at radius 2 is 1.93 bits per heavy atom. The van der Waals surface area contributed by atoms with E-state index in [1.165, 1.54) is 6.42 Å². The van der Waals surface area contributed by atoms with E-state index in [0.29, 0.717) is 31.7 Å². The van der Waals surface area contributed by atoms with Crippen LogP contribution in [0.3, 0.4) is 0 Å². The highest BCUT2D eigenvalue weighted by molar-refractivity contribution is 5.86. The van der Waals surface area contributed by atoms with Crippen LogP contribution in [0.1, 0.15) is 59.3 Å². The van der Waals surface area contributed by atoms with Crippen molar-refractivity contribution in [3.05, 3.63) is 0 Å². The van der Waals surface area contributed by atoms with Crippen LogP contribution in [0.25, 0.3) is 0 Å². The van der Waals surface area contributed by atoms with Crippen molar-refractivity contribution in [3.8, 4) is 0 Å². The van der Waals surface area contributed by atoms with Crippen molar-refractivity contribution in [2.24, 2.45) is 22.5 Å². The first-order chi connectivity index (χ1) is 12.6. The Bertz CT molecular complexity index is 577. The monoisotopic (exact) mass is 382 g/mol. The Balaban J connectivity index is 1.75. The molecule has 4 atom stereocenters. The van der Waals surface area contributed by atoms with Crippen LogP contribution in [-0.2, 0) is 9.59 Å². The maximum Gasteiger partial charge on any atom is 0.326 e. The molecule has 2 aliphatic rings. The first-order valence-corrected chi connectivity index (χ1v) is 9.87. The van der Waals surface area contributed by atoms with Gasteiger partial charge in [0.25, 0.3) is 0 Å². The second kappa shape index (κ2) is 8.46. The molecule has 2 fully saturated rings. The van der Waals surface area contributed by atoms with Gasteiger partial charge in [-0.1, -0.05) is 20.8 Å². The Kier molecular flexibility index (Phi) is 6.72. The van der Waals surface area contributed by atoms with E-state index in [1.54, 1.807) is 0 Å². The summed E-state index contributed by atoms with van der Waals surface area (Å²) in [5.74, 6) is -0.875. The van der Waals surface area contributed by atoms with Crippen LogP contribution in [-0.4, -0.2) is 48.2 Å². The highest BCUT2D eigenvalue weighted by atomic mass is 16.4. The number of nitrogens with one attached hydrogen (secondary N) is 3. The van der Waals surface area contributed by atoms with Crippen molar-refractivity contribution in [1.82, 2.24) is 16.0 Å². The lowest BCUT2D eigenvalue weighted by molar-refractivity contribution is -0.139. The second-order valence-electron chi connectivity index (χ2n) is 8.81. The fraction of sp³-hybridized carbons (Fsp3) is 0.842. The summed E-state index contributed by atoms with van der Waals surface area (Å²) < 4.78 is 0. The van der Waals surface area contributed by atoms with E-state index < -0.39 is 18.0 Å². The van der Waals surface area contributed by atoms with Gasteiger partial charge < -0.3 is 26.8 Å². The molecular formula is C19H34N4O4. The van der Waals surface area contributed by atoms with E-state index in [-0.39, 0.29) is 29.3 Å². The predicted octanol–water partition coefficient (Wildman–Crippen LogP) is 1.20. The third kappa shape index (κ3) is 4.72. The Labute approximate surface area is 161 Å². The smallest absolute Gasteiger partial charge is 0.326 e. The molecule has 2 saturated carbocycles. The number of carbonyl (C=O) groups is 3. The van der Waals surface area contributed by atoms with Gasteiger partial charge in [-0.15, -0.1) is 0 Å². The molecule has 27 heavy (non-hydrogen) atoms. The number of hydrogen-bond acceptors (Lipinski definition) is 4. The van der Waals surface area contributed by atoms with E-state index in [1.807, 2.05) is 0 Å². The number of rotatable bonds is 9. The van der Waals surface area contributed by atoms with Gasteiger partial charge in [0.15, 0.2) is 0 Å². The summed E-state index contributed by atoms with van der Waals surface area (Å²) in [7, 11) is 0. The first kappa shape index (κ1) is 21.5. The summed E-state index contributed by atoms with van der Waals surface area (Å²) in [5.41, 5.74) is 5.85. The minimum Gasteiger partial charge on any atom is -0.480 e. The van der Waals surface area contributed by atoms with E-state index in [9.17, 15) is 14.4 Å². The number of aliphatic carboxylic acids is 1. The van der Waals surface area contributed by atoms with Crippen LogP contribution in [0.5, 0.6) is 0 Å². The van der Waals surface area contributed by atoms with Gasteiger partial charge >= 0.3 is 12.0 Å². The summed E-state index contributed by atoms with van der Waals surface area (Å²) in [6.07, 6.45) is 4.90. The van der Waals surface area contributed by atoms with Crippen LogP contribution >= 0.6 is 0 Å². The van der Waals surface area contributed by atoms with Crippen molar-refractivity contribution >= 4 is 17.9 Å². The topological polar surface area (TPSA) is 134 Å². The third-order valence-electron chi connectivity index (χ3n) is 6.95. The van der Waals surface area contributed by atoms with Gasteiger partial charge in [0.05, 0.1) is 6.54 Å². The van der Waals surface area contributed by atoms with Gasteiger partial charge in [-0.2, -0.15) is 0 Å². The quantitative estimate of drug-likeness (QED) is 0.382. The summed E-state index contributed by atoms with van der Waals surface area (Å²) in [5, 5.41) is 17.1. The van der Waals surface area contributed by atoms with Gasteiger partial charge in [0.2, 0.25) is 5.91 Å². The summed E-state index contributed by atoms with van der Waals surface area (Å²) in [6, 6.07) is -1.49. The zero-order chi connectivity index (χ0) is 20.2. The molecule has 2 bridgehead atoms. The molecule has 0 aliphatic heterocycles. The average Bonchev–Trinajstić information content (AvgIpc) is 2.91. The highest BCUT2D eigenvalue weighted by Crippen LogP contribution is 2.65. The van der Waals surface area contributed by atoms with Gasteiger partial charge in [-0.05, 0) is 61.8 Å². The first-order valence-electron chi connectivity index (χ1n) is 9.87. The van der Waals surface area contributed by atoms with E-state index >= 15 is 0 Å². The minimum atomic E-state index is -1.09. The number of carbonyl (C=O) groups excluding carboxylic acids is 2. The lowest BCUT2D eigenvalue weighted by Crippen LogP contribution is -2.50. The van der Waals surface area contributed by atoms with Crippen molar-refractivity contribution in [2.75, 3.05) is 13.1 Å². The molecule has 0 radical (unpaired) electrons. The number of urea groups is 1. The molecule has 2 rings (SSSR count). The maximum absolute atomic E-state index is 12.2. The van der Waals surface area contributed by atoms with Crippen LogP contribution < -0.4 is 21.7 Å². The largest absolute Gasteiger partial charge is 0.480 e. The van der Waals surface area contributed by atoms with E-state index in [0.717, 1.165) is 12.8 Å². The lowest BCUT2D eigenvalue weighted by Gasteiger charge is -2.33. The molecule has 154 valence electrons. The molecule has 0 saturated heterocycles. The van der Waals surface area contributed by atoms with Crippen LogP contribution in [0.2, 0.25) is 0 Å². The third-order valence-corrected chi connectivity index (χ3v) is 6.95. The highest BCUT2D eigenvalue weighted by Gasteiger charge is 2.60. The molecule has 0 aromatic heterocycles. The molecule has 0 spiro atoms. The number of carboxylic acid groups (broad SMARTS) is 1. The van der Waals surface area contributed by atoms with Crippen molar-refractivity contribution in [2.45, 2.75) is 71.4 Å². The van der Waals surface area contributed by atoms with Gasteiger partial charge in [-0.25, -0.2) is 9.59 Å². The summed E-state index contributed by atoms with van der Waals surface area (Å²) in [4.78, 5) is 35.4. The summed E-state index contributed by atoms with van der Waals surface area (Å²) in [6.45, 7) is 7.16. The zero-order valence-corrected chi connectivity index (χ0v) is 16.6. The minimum absolute atomic E-state index is 0.138.